The Morgan fingerprint density at radius 1 is 0.929 bits per heavy atom. The average molecular weight is 396 g/mol. The molecule has 0 unspecified atom stereocenters. The first-order valence-corrected chi connectivity index (χ1v) is 9.23. The van der Waals surface area contributed by atoms with E-state index in [1.165, 1.54) is 6.20 Å². The van der Waals surface area contributed by atoms with E-state index >= 15 is 0 Å². The van der Waals surface area contributed by atoms with Crippen molar-refractivity contribution in [3.05, 3.63) is 65.8 Å². The molecule has 0 spiro atoms. The van der Waals surface area contributed by atoms with Gasteiger partial charge < -0.3 is 16.0 Å². The van der Waals surface area contributed by atoms with Crippen molar-refractivity contribution in [1.29, 1.82) is 0 Å². The predicted octanol–water partition coefficient (Wildman–Crippen LogP) is 5.60. The quantitative estimate of drug-likeness (QED) is 0.523. The van der Waals surface area contributed by atoms with E-state index in [0.717, 1.165) is 5.69 Å². The Balaban J connectivity index is 1.84. The van der Waals surface area contributed by atoms with Crippen LogP contribution in [0.15, 0.2) is 60.8 Å². The van der Waals surface area contributed by atoms with Crippen LogP contribution < -0.4 is 16.0 Å². The Morgan fingerprint density at radius 2 is 1.57 bits per heavy atom. The number of carbonyl (C=O) groups excluding carboxylic acids is 1. The number of rotatable bonds is 5. The van der Waals surface area contributed by atoms with Crippen molar-refractivity contribution in [2.75, 3.05) is 16.0 Å². The Morgan fingerprint density at radius 3 is 2.25 bits per heavy atom. The molecular weight excluding hydrogens is 374 g/mol. The molecule has 7 heteroatoms. The summed E-state index contributed by atoms with van der Waals surface area (Å²) in [5, 5.41) is 9.63. The lowest BCUT2D eigenvalue weighted by Gasteiger charge is -2.20. The van der Waals surface area contributed by atoms with E-state index in [1.807, 2.05) is 75.4 Å². The minimum Gasteiger partial charge on any atom is -0.337 e. The molecular formula is C21H22ClN5O. The smallest absolute Gasteiger partial charge is 0.229 e. The van der Waals surface area contributed by atoms with Crippen LogP contribution in [0.1, 0.15) is 20.8 Å². The fourth-order valence-corrected chi connectivity index (χ4v) is 2.44. The maximum Gasteiger partial charge on any atom is 0.229 e. The van der Waals surface area contributed by atoms with Crippen molar-refractivity contribution in [2.45, 2.75) is 20.8 Å². The van der Waals surface area contributed by atoms with Gasteiger partial charge in [-0.1, -0.05) is 62.7 Å². The van der Waals surface area contributed by atoms with Crippen molar-refractivity contribution in [1.82, 2.24) is 9.97 Å². The first kappa shape index (κ1) is 19.6. The molecule has 0 aliphatic heterocycles. The lowest BCUT2D eigenvalue weighted by molar-refractivity contribution is -0.123. The van der Waals surface area contributed by atoms with Gasteiger partial charge in [0.05, 0.1) is 17.6 Å². The van der Waals surface area contributed by atoms with Gasteiger partial charge in [-0.15, -0.1) is 0 Å². The standard InChI is InChI=1S/C21H22ClN5O/c1-21(2,3)19(28)26-17-12-8-7-11-16(17)25-18-15(22)13-23-20(27-18)24-14-9-5-4-6-10-14/h4-13H,1-3H3,(H,26,28)(H2,23,24,25,27). The van der Waals surface area contributed by atoms with Crippen LogP contribution in [-0.4, -0.2) is 15.9 Å². The lowest BCUT2D eigenvalue weighted by atomic mass is 9.95. The number of amides is 1. The van der Waals surface area contributed by atoms with Crippen molar-refractivity contribution in [3.63, 3.8) is 0 Å². The normalized spacial score (nSPS) is 11.0. The zero-order valence-corrected chi connectivity index (χ0v) is 16.7. The lowest BCUT2D eigenvalue weighted by Crippen LogP contribution is -2.27. The number of para-hydroxylation sites is 3. The van der Waals surface area contributed by atoms with E-state index < -0.39 is 5.41 Å². The molecule has 0 aliphatic rings. The van der Waals surface area contributed by atoms with Crippen LogP contribution in [0.3, 0.4) is 0 Å². The van der Waals surface area contributed by atoms with E-state index in [4.69, 9.17) is 11.6 Å². The average Bonchev–Trinajstić information content (AvgIpc) is 2.66. The zero-order chi connectivity index (χ0) is 20.1. The number of hydrogen-bond acceptors (Lipinski definition) is 5. The van der Waals surface area contributed by atoms with E-state index in [1.54, 1.807) is 0 Å². The monoisotopic (exact) mass is 395 g/mol. The molecule has 0 aliphatic carbocycles. The number of aromatic nitrogens is 2. The number of nitrogens with zero attached hydrogens (tertiary/aromatic N) is 2. The number of hydrogen-bond donors (Lipinski definition) is 3. The highest BCUT2D eigenvalue weighted by atomic mass is 35.5. The van der Waals surface area contributed by atoms with E-state index in [2.05, 4.69) is 25.9 Å². The molecule has 1 aromatic heterocycles. The molecule has 1 heterocycles. The molecule has 0 fully saturated rings. The number of anilines is 5. The Hall–Kier alpha value is -3.12. The molecule has 144 valence electrons. The number of halogens is 1. The van der Waals surface area contributed by atoms with Gasteiger partial charge in [0.15, 0.2) is 5.82 Å². The van der Waals surface area contributed by atoms with Crippen LogP contribution in [0.5, 0.6) is 0 Å². The van der Waals surface area contributed by atoms with Crippen LogP contribution in [0.4, 0.5) is 28.8 Å². The molecule has 3 N–H and O–H groups in total. The SMILES string of the molecule is CC(C)(C)C(=O)Nc1ccccc1Nc1nc(Nc2ccccc2)ncc1Cl. The van der Waals surface area contributed by atoms with Crippen molar-refractivity contribution in [2.24, 2.45) is 5.41 Å². The number of nitrogens with one attached hydrogen (secondary N) is 3. The highest BCUT2D eigenvalue weighted by Gasteiger charge is 2.22. The largest absolute Gasteiger partial charge is 0.337 e. The Bertz CT molecular complexity index is 970. The van der Waals surface area contributed by atoms with Gasteiger partial charge in [-0.3, -0.25) is 4.79 Å². The van der Waals surface area contributed by atoms with Gasteiger partial charge in [0.1, 0.15) is 5.02 Å². The summed E-state index contributed by atoms with van der Waals surface area (Å²) >= 11 is 6.28. The van der Waals surface area contributed by atoms with Gasteiger partial charge >= 0.3 is 0 Å². The van der Waals surface area contributed by atoms with Crippen LogP contribution in [0, 0.1) is 5.41 Å². The summed E-state index contributed by atoms with van der Waals surface area (Å²) in [6, 6.07) is 17.0. The van der Waals surface area contributed by atoms with E-state index in [0.29, 0.717) is 28.2 Å². The second-order valence-corrected chi connectivity index (χ2v) is 7.66. The molecule has 3 aromatic rings. The molecule has 3 rings (SSSR count). The Kier molecular flexibility index (Phi) is 5.80. The van der Waals surface area contributed by atoms with Gasteiger partial charge in [-0.2, -0.15) is 4.98 Å². The molecule has 6 nitrogen and oxygen atoms in total. The summed E-state index contributed by atoms with van der Waals surface area (Å²) in [5.41, 5.74) is 1.70. The van der Waals surface area contributed by atoms with Crippen molar-refractivity contribution >= 4 is 46.3 Å². The zero-order valence-electron chi connectivity index (χ0n) is 16.0. The van der Waals surface area contributed by atoms with Crippen LogP contribution in [0.2, 0.25) is 5.02 Å². The minimum atomic E-state index is -0.507. The summed E-state index contributed by atoms with van der Waals surface area (Å²) in [7, 11) is 0. The van der Waals surface area contributed by atoms with Gasteiger partial charge in [-0.25, -0.2) is 4.98 Å². The Labute approximate surface area is 169 Å². The molecule has 0 radical (unpaired) electrons. The first-order valence-electron chi connectivity index (χ1n) is 8.85. The van der Waals surface area contributed by atoms with Crippen molar-refractivity contribution in [3.8, 4) is 0 Å². The maximum absolute atomic E-state index is 12.4. The molecule has 0 bridgehead atoms. The summed E-state index contributed by atoms with van der Waals surface area (Å²) < 4.78 is 0. The van der Waals surface area contributed by atoms with E-state index in [-0.39, 0.29) is 5.91 Å². The molecule has 2 aromatic carbocycles. The first-order chi connectivity index (χ1) is 13.3. The fraction of sp³-hybridized carbons (Fsp3) is 0.190. The topological polar surface area (TPSA) is 78.9 Å². The van der Waals surface area contributed by atoms with Gasteiger partial charge in [-0.05, 0) is 24.3 Å². The van der Waals surface area contributed by atoms with Crippen LogP contribution >= 0.6 is 11.6 Å². The molecule has 0 atom stereocenters. The minimum absolute atomic E-state index is 0.0815. The van der Waals surface area contributed by atoms with Crippen LogP contribution in [-0.2, 0) is 4.79 Å². The summed E-state index contributed by atoms with van der Waals surface area (Å²) in [5.74, 6) is 0.767. The van der Waals surface area contributed by atoms with Gasteiger partial charge in [0, 0.05) is 11.1 Å². The van der Waals surface area contributed by atoms with Crippen molar-refractivity contribution < 1.29 is 4.79 Å². The van der Waals surface area contributed by atoms with Gasteiger partial charge in [0.2, 0.25) is 11.9 Å². The summed E-state index contributed by atoms with van der Waals surface area (Å²) in [4.78, 5) is 21.0. The second-order valence-electron chi connectivity index (χ2n) is 7.26. The van der Waals surface area contributed by atoms with E-state index in [9.17, 15) is 4.79 Å². The number of benzene rings is 2. The molecule has 0 saturated carbocycles. The molecule has 28 heavy (non-hydrogen) atoms. The van der Waals surface area contributed by atoms with Gasteiger partial charge in [0.25, 0.3) is 0 Å². The highest BCUT2D eigenvalue weighted by molar-refractivity contribution is 6.33. The summed E-state index contributed by atoms with van der Waals surface area (Å²) in [6.45, 7) is 5.59. The highest BCUT2D eigenvalue weighted by Crippen LogP contribution is 2.30. The third-order valence-electron chi connectivity index (χ3n) is 3.88. The number of carbonyl (C=O) groups is 1. The maximum atomic E-state index is 12.4. The van der Waals surface area contributed by atoms with Crippen LogP contribution in [0.25, 0.3) is 0 Å². The summed E-state index contributed by atoms with van der Waals surface area (Å²) in [6.07, 6.45) is 1.53. The third-order valence-corrected chi connectivity index (χ3v) is 4.16. The second kappa shape index (κ2) is 8.27. The molecule has 0 saturated heterocycles. The third kappa shape index (κ3) is 4.98. The fourth-order valence-electron chi connectivity index (χ4n) is 2.30. The molecule has 1 amide bonds. The predicted molar refractivity (Wildman–Crippen MR) is 115 cm³/mol.